The van der Waals surface area contributed by atoms with Crippen LogP contribution in [0.15, 0.2) is 24.3 Å². The van der Waals surface area contributed by atoms with Gasteiger partial charge < -0.3 is 5.32 Å². The zero-order valence-corrected chi connectivity index (χ0v) is 16.0. The largest absolute Gasteiger partial charge is 0.347 e. The van der Waals surface area contributed by atoms with E-state index in [-0.39, 0.29) is 22.6 Å². The van der Waals surface area contributed by atoms with Crippen molar-refractivity contribution in [2.75, 3.05) is 16.6 Å². The average Bonchev–Trinajstić information content (AvgIpc) is 2.75. The second-order valence-electron chi connectivity index (χ2n) is 8.36. The fourth-order valence-electron chi connectivity index (χ4n) is 3.46. The van der Waals surface area contributed by atoms with Gasteiger partial charge in [0.05, 0.1) is 11.4 Å². The molecule has 1 aromatic rings. The van der Waals surface area contributed by atoms with E-state index in [0.717, 1.165) is 6.42 Å². The molecule has 1 aliphatic heterocycles. The molecule has 1 fully saturated rings. The summed E-state index contributed by atoms with van der Waals surface area (Å²) in [4.78, 5) is 12.5. The van der Waals surface area contributed by atoms with E-state index in [1.807, 2.05) is 13.8 Å². The molecular weight excluding hydrogens is 324 g/mol. The number of hydrogen-bond donors (Lipinski definition) is 1. The molecule has 134 valence electrons. The van der Waals surface area contributed by atoms with Crippen LogP contribution in [0.1, 0.15) is 57.8 Å². The van der Waals surface area contributed by atoms with Crippen molar-refractivity contribution in [2.45, 2.75) is 53.0 Å². The van der Waals surface area contributed by atoms with Crippen molar-refractivity contribution in [3.63, 3.8) is 0 Å². The van der Waals surface area contributed by atoms with Gasteiger partial charge in [0.15, 0.2) is 0 Å². The van der Waals surface area contributed by atoms with E-state index < -0.39 is 10.0 Å². The molecule has 1 N–H and O–H groups in total. The van der Waals surface area contributed by atoms with Crippen LogP contribution in [-0.2, 0) is 10.0 Å². The normalized spacial score (nSPS) is 17.8. The molecule has 1 saturated heterocycles. The van der Waals surface area contributed by atoms with Crippen LogP contribution in [0.5, 0.6) is 0 Å². The van der Waals surface area contributed by atoms with E-state index in [2.05, 4.69) is 26.1 Å². The molecule has 2 rings (SSSR count). The molecule has 0 spiro atoms. The number of sulfonamides is 1. The van der Waals surface area contributed by atoms with Crippen molar-refractivity contribution in [3.05, 3.63) is 29.8 Å². The Kier molecular flexibility index (Phi) is 5.00. The van der Waals surface area contributed by atoms with Crippen LogP contribution in [0, 0.1) is 5.41 Å². The lowest BCUT2D eigenvalue weighted by molar-refractivity contribution is 0.0891. The van der Waals surface area contributed by atoms with Crippen LogP contribution in [-0.4, -0.2) is 32.2 Å². The summed E-state index contributed by atoms with van der Waals surface area (Å²) in [5.41, 5.74) is 0.965. The Morgan fingerprint density at radius 3 is 2.17 bits per heavy atom. The maximum atomic E-state index is 12.5. The smallest absolute Gasteiger partial charge is 0.251 e. The minimum atomic E-state index is -3.19. The Bertz CT molecular complexity index is 701. The van der Waals surface area contributed by atoms with E-state index in [9.17, 15) is 13.2 Å². The predicted molar refractivity (Wildman–Crippen MR) is 97.8 cm³/mol. The number of rotatable bonds is 4. The summed E-state index contributed by atoms with van der Waals surface area (Å²) in [5.74, 6) is 0.0519. The molecule has 1 aromatic carbocycles. The van der Waals surface area contributed by atoms with Crippen molar-refractivity contribution < 1.29 is 13.2 Å². The van der Waals surface area contributed by atoms with Gasteiger partial charge in [-0.3, -0.25) is 9.10 Å². The van der Waals surface area contributed by atoms with Gasteiger partial charge in [0, 0.05) is 17.6 Å². The summed E-state index contributed by atoms with van der Waals surface area (Å²) < 4.78 is 25.3. The molecule has 6 heteroatoms. The number of hydrogen-bond acceptors (Lipinski definition) is 3. The first-order valence-corrected chi connectivity index (χ1v) is 9.94. The summed E-state index contributed by atoms with van der Waals surface area (Å²) in [6.45, 7) is 11.0. The monoisotopic (exact) mass is 352 g/mol. The molecule has 0 atom stereocenters. The molecule has 0 aromatic heterocycles. The first kappa shape index (κ1) is 18.8. The molecule has 1 amide bonds. The highest BCUT2D eigenvalue weighted by Crippen LogP contribution is 2.27. The van der Waals surface area contributed by atoms with Gasteiger partial charge in [-0.15, -0.1) is 0 Å². The van der Waals surface area contributed by atoms with Gasteiger partial charge in [-0.1, -0.05) is 20.8 Å². The highest BCUT2D eigenvalue weighted by molar-refractivity contribution is 7.93. The number of nitrogens with zero attached hydrogens (tertiary/aromatic N) is 1. The van der Waals surface area contributed by atoms with Gasteiger partial charge in [-0.2, -0.15) is 0 Å². The molecule has 1 aliphatic rings. The Morgan fingerprint density at radius 2 is 1.71 bits per heavy atom. The molecule has 5 nitrogen and oxygen atoms in total. The van der Waals surface area contributed by atoms with Crippen molar-refractivity contribution >= 4 is 21.6 Å². The molecule has 0 radical (unpaired) electrons. The third kappa shape index (κ3) is 4.72. The van der Waals surface area contributed by atoms with Gasteiger partial charge in [0.1, 0.15) is 0 Å². The van der Waals surface area contributed by atoms with Crippen LogP contribution < -0.4 is 9.62 Å². The standard InChI is InChI=1S/C18H28N2O3S/c1-17(2,3)13-18(4,5)19-16(21)14-7-9-15(10-8-14)20-11-6-12-24(20,22)23/h7-10H,6,11-13H2,1-5H3,(H,19,21). The topological polar surface area (TPSA) is 66.5 Å². The Balaban J connectivity index is 2.09. The third-order valence-corrected chi connectivity index (χ3v) is 5.81. The summed E-state index contributed by atoms with van der Waals surface area (Å²) >= 11 is 0. The van der Waals surface area contributed by atoms with Gasteiger partial charge in [0.2, 0.25) is 10.0 Å². The van der Waals surface area contributed by atoms with Crippen molar-refractivity contribution in [1.29, 1.82) is 0 Å². The minimum Gasteiger partial charge on any atom is -0.347 e. The van der Waals surface area contributed by atoms with Gasteiger partial charge in [-0.25, -0.2) is 8.42 Å². The van der Waals surface area contributed by atoms with E-state index in [1.54, 1.807) is 24.3 Å². The average molecular weight is 353 g/mol. The lowest BCUT2D eigenvalue weighted by Crippen LogP contribution is -2.45. The van der Waals surface area contributed by atoms with Crippen LogP contribution in [0.2, 0.25) is 0 Å². The highest BCUT2D eigenvalue weighted by Gasteiger charge is 2.29. The number of carbonyl (C=O) groups is 1. The zero-order chi connectivity index (χ0) is 18.2. The van der Waals surface area contributed by atoms with E-state index in [1.165, 1.54) is 4.31 Å². The van der Waals surface area contributed by atoms with Gasteiger partial charge >= 0.3 is 0 Å². The van der Waals surface area contributed by atoms with Crippen molar-refractivity contribution in [1.82, 2.24) is 5.32 Å². The first-order valence-electron chi connectivity index (χ1n) is 8.33. The molecule has 0 unspecified atom stereocenters. The SMILES string of the molecule is CC(C)(C)CC(C)(C)NC(=O)c1ccc(N2CCCS2(=O)=O)cc1. The lowest BCUT2D eigenvalue weighted by atomic mass is 9.81. The molecular formula is C18H28N2O3S. The molecule has 24 heavy (non-hydrogen) atoms. The van der Waals surface area contributed by atoms with Crippen LogP contribution in [0.4, 0.5) is 5.69 Å². The number of benzene rings is 1. The molecule has 1 heterocycles. The third-order valence-electron chi connectivity index (χ3n) is 3.94. The number of amides is 1. The summed E-state index contributed by atoms with van der Waals surface area (Å²) in [6, 6.07) is 6.78. The Labute approximate surface area is 145 Å². The van der Waals surface area contributed by atoms with Crippen LogP contribution in [0.3, 0.4) is 0 Å². The Morgan fingerprint density at radius 1 is 1.12 bits per heavy atom. The van der Waals surface area contributed by atoms with Crippen LogP contribution >= 0.6 is 0 Å². The summed E-state index contributed by atoms with van der Waals surface area (Å²) in [5, 5.41) is 3.06. The second kappa shape index (κ2) is 6.39. The van der Waals surface area contributed by atoms with E-state index in [4.69, 9.17) is 0 Å². The van der Waals surface area contributed by atoms with E-state index >= 15 is 0 Å². The maximum Gasteiger partial charge on any atom is 0.251 e. The molecule has 0 bridgehead atoms. The number of carbonyl (C=O) groups excluding carboxylic acids is 1. The number of nitrogens with one attached hydrogen (secondary N) is 1. The lowest BCUT2D eigenvalue weighted by Gasteiger charge is -2.33. The first-order chi connectivity index (χ1) is 10.9. The fraction of sp³-hybridized carbons (Fsp3) is 0.611. The molecule has 0 saturated carbocycles. The van der Waals surface area contributed by atoms with Gasteiger partial charge in [-0.05, 0) is 56.4 Å². The van der Waals surface area contributed by atoms with Crippen molar-refractivity contribution in [2.24, 2.45) is 5.41 Å². The minimum absolute atomic E-state index is 0.116. The quantitative estimate of drug-likeness (QED) is 0.905. The molecule has 0 aliphatic carbocycles. The summed E-state index contributed by atoms with van der Waals surface area (Å²) in [6.07, 6.45) is 1.50. The maximum absolute atomic E-state index is 12.5. The second-order valence-corrected chi connectivity index (χ2v) is 10.4. The van der Waals surface area contributed by atoms with Crippen LogP contribution in [0.25, 0.3) is 0 Å². The van der Waals surface area contributed by atoms with Gasteiger partial charge in [0.25, 0.3) is 5.91 Å². The zero-order valence-electron chi connectivity index (χ0n) is 15.2. The van der Waals surface area contributed by atoms with E-state index in [0.29, 0.717) is 24.2 Å². The highest BCUT2D eigenvalue weighted by atomic mass is 32.2. The van der Waals surface area contributed by atoms with Crippen molar-refractivity contribution in [3.8, 4) is 0 Å². The number of anilines is 1. The summed E-state index contributed by atoms with van der Waals surface area (Å²) in [7, 11) is -3.19. The predicted octanol–water partition coefficient (Wildman–Crippen LogP) is 3.17. The Hall–Kier alpha value is -1.56. The fourth-order valence-corrected chi connectivity index (χ4v) is 5.02.